The lowest BCUT2D eigenvalue weighted by Crippen LogP contribution is -2.45. The third kappa shape index (κ3) is 51.3. The number of ether oxygens (including phenoxy) is 1. The summed E-state index contributed by atoms with van der Waals surface area (Å²) in [5, 5.41) is 23.2. The largest absolute Gasteiger partial charge is 0.466 e. The SMILES string of the molecule is CCCCC/C=C\C/C=C\CCCCCCCCCCCC(=O)OCCCCCCCCC/C=C\CCCCCCCC(=O)NC(CO)C(O)CCCCCCCCCCCCCCC. The first-order chi connectivity index (χ1) is 32.0. The van der Waals surface area contributed by atoms with Gasteiger partial charge in [-0.3, -0.25) is 9.59 Å². The molecule has 0 aromatic rings. The summed E-state index contributed by atoms with van der Waals surface area (Å²) in [6, 6.07) is -0.553. The third-order valence-electron chi connectivity index (χ3n) is 13.2. The number of unbranched alkanes of at least 4 members (excludes halogenated alkanes) is 36. The van der Waals surface area contributed by atoms with Crippen LogP contribution in [-0.2, 0) is 14.3 Å². The van der Waals surface area contributed by atoms with E-state index >= 15 is 0 Å². The van der Waals surface area contributed by atoms with Crippen LogP contribution in [0, 0.1) is 0 Å². The maximum absolute atomic E-state index is 12.4. The van der Waals surface area contributed by atoms with Crippen LogP contribution >= 0.6 is 0 Å². The number of rotatable bonds is 53. The van der Waals surface area contributed by atoms with Crippen molar-refractivity contribution in [3.8, 4) is 0 Å². The molecule has 0 aliphatic heterocycles. The van der Waals surface area contributed by atoms with Crippen LogP contribution in [0.5, 0.6) is 0 Å². The van der Waals surface area contributed by atoms with E-state index < -0.39 is 12.1 Å². The molecule has 0 rings (SSSR count). The number of amides is 1. The topological polar surface area (TPSA) is 95.9 Å². The molecule has 0 saturated heterocycles. The first kappa shape index (κ1) is 63.1. The van der Waals surface area contributed by atoms with Gasteiger partial charge in [-0.15, -0.1) is 0 Å². The van der Waals surface area contributed by atoms with Crippen LogP contribution < -0.4 is 5.32 Å². The second-order valence-electron chi connectivity index (χ2n) is 19.6. The number of carbonyl (C=O) groups is 2. The van der Waals surface area contributed by atoms with Gasteiger partial charge < -0.3 is 20.3 Å². The number of carbonyl (C=O) groups excluding carboxylic acids is 2. The number of hydrogen-bond acceptors (Lipinski definition) is 5. The molecule has 0 fully saturated rings. The van der Waals surface area contributed by atoms with Gasteiger partial charge >= 0.3 is 5.97 Å². The van der Waals surface area contributed by atoms with E-state index in [-0.39, 0.29) is 18.5 Å². The lowest BCUT2D eigenvalue weighted by atomic mass is 10.0. The van der Waals surface area contributed by atoms with Crippen molar-refractivity contribution in [3.05, 3.63) is 36.5 Å². The lowest BCUT2D eigenvalue weighted by Gasteiger charge is -2.22. The molecule has 0 aliphatic rings. The molecule has 0 radical (unpaired) electrons. The molecule has 382 valence electrons. The zero-order valence-corrected chi connectivity index (χ0v) is 43.5. The molecular weight excluding hydrogens is 803 g/mol. The highest BCUT2D eigenvalue weighted by molar-refractivity contribution is 5.76. The van der Waals surface area contributed by atoms with Crippen molar-refractivity contribution in [2.75, 3.05) is 13.2 Å². The van der Waals surface area contributed by atoms with Gasteiger partial charge in [-0.25, -0.2) is 0 Å². The highest BCUT2D eigenvalue weighted by Gasteiger charge is 2.20. The van der Waals surface area contributed by atoms with Gasteiger partial charge in [0.15, 0.2) is 0 Å². The Hall–Kier alpha value is -1.92. The summed E-state index contributed by atoms with van der Waals surface area (Å²) in [5.74, 6) is -0.0591. The smallest absolute Gasteiger partial charge is 0.305 e. The fourth-order valence-corrected chi connectivity index (χ4v) is 8.72. The van der Waals surface area contributed by atoms with E-state index in [1.54, 1.807) is 0 Å². The van der Waals surface area contributed by atoms with Gasteiger partial charge in [0.1, 0.15) is 0 Å². The summed E-state index contributed by atoms with van der Waals surface area (Å²) in [5.41, 5.74) is 0. The molecule has 0 aliphatic carbocycles. The Morgan fingerprint density at radius 3 is 1.22 bits per heavy atom. The van der Waals surface area contributed by atoms with Crippen LogP contribution in [0.2, 0.25) is 0 Å². The Balaban J connectivity index is 3.45. The van der Waals surface area contributed by atoms with Gasteiger partial charge in [-0.05, 0) is 83.5 Å². The quantitative estimate of drug-likeness (QED) is 0.0321. The minimum atomic E-state index is -0.674. The Bertz CT molecular complexity index is 1060. The van der Waals surface area contributed by atoms with E-state index in [2.05, 4.69) is 55.6 Å². The number of nitrogens with one attached hydrogen (secondary N) is 1. The Morgan fingerprint density at radius 2 is 0.769 bits per heavy atom. The molecular formula is C59H111NO5. The second-order valence-corrected chi connectivity index (χ2v) is 19.6. The highest BCUT2D eigenvalue weighted by atomic mass is 16.5. The zero-order chi connectivity index (χ0) is 47.2. The third-order valence-corrected chi connectivity index (χ3v) is 13.2. The minimum Gasteiger partial charge on any atom is -0.466 e. The lowest BCUT2D eigenvalue weighted by molar-refractivity contribution is -0.143. The molecule has 65 heavy (non-hydrogen) atoms. The van der Waals surface area contributed by atoms with Crippen molar-refractivity contribution in [1.82, 2.24) is 5.32 Å². The average molecular weight is 915 g/mol. The van der Waals surface area contributed by atoms with E-state index in [9.17, 15) is 19.8 Å². The molecule has 0 aromatic heterocycles. The predicted octanol–water partition coefficient (Wildman–Crippen LogP) is 17.6. The summed E-state index contributed by atoms with van der Waals surface area (Å²) in [7, 11) is 0. The first-order valence-electron chi connectivity index (χ1n) is 28.7. The second kappa shape index (κ2) is 54.7. The van der Waals surface area contributed by atoms with Crippen molar-refractivity contribution < 1.29 is 24.5 Å². The van der Waals surface area contributed by atoms with Gasteiger partial charge in [-0.2, -0.15) is 0 Å². The minimum absolute atomic E-state index is 0.00674. The maximum atomic E-state index is 12.4. The van der Waals surface area contributed by atoms with Crippen LogP contribution in [0.3, 0.4) is 0 Å². The Kier molecular flexibility index (Phi) is 53.1. The molecule has 2 unspecified atom stereocenters. The zero-order valence-electron chi connectivity index (χ0n) is 43.5. The van der Waals surface area contributed by atoms with Gasteiger partial charge in [0.05, 0.1) is 25.4 Å². The Labute approximate surface area is 404 Å². The van der Waals surface area contributed by atoms with Crippen molar-refractivity contribution in [2.24, 2.45) is 0 Å². The van der Waals surface area contributed by atoms with Crippen LogP contribution in [-0.4, -0.2) is 47.4 Å². The van der Waals surface area contributed by atoms with Crippen LogP contribution in [0.1, 0.15) is 303 Å². The predicted molar refractivity (Wildman–Crippen MR) is 283 cm³/mol. The number of aliphatic hydroxyl groups is 2. The first-order valence-corrected chi connectivity index (χ1v) is 28.7. The molecule has 0 spiro atoms. The number of allylic oxidation sites excluding steroid dienone is 6. The number of esters is 1. The summed E-state index contributed by atoms with van der Waals surface area (Å²) in [6.45, 7) is 4.90. The molecule has 6 nitrogen and oxygen atoms in total. The molecule has 0 saturated carbocycles. The van der Waals surface area contributed by atoms with Gasteiger partial charge in [0, 0.05) is 12.8 Å². The normalized spacial score (nSPS) is 12.9. The molecule has 0 heterocycles. The van der Waals surface area contributed by atoms with E-state index in [4.69, 9.17) is 4.74 Å². The molecule has 0 aromatic carbocycles. The standard InChI is InChI=1S/C59H111NO5/c1-3-5-7-9-11-13-15-17-18-19-20-21-25-29-33-37-41-45-49-53-59(64)65-54-50-46-42-38-34-30-26-23-22-24-28-32-36-40-44-48-52-58(63)60-56(55-61)57(62)51-47-43-39-35-31-27-16-14-12-10-8-6-4-2/h11,13,17-18,22,24,56-57,61-62H,3-10,12,14-16,19-21,23,25-55H2,1-2H3,(H,60,63)/b13-11-,18-17-,24-22-. The van der Waals surface area contributed by atoms with Crippen molar-refractivity contribution in [1.29, 1.82) is 0 Å². The molecule has 2 atom stereocenters. The summed E-state index contributed by atoms with van der Waals surface area (Å²) in [6.07, 6.45) is 67.0. The molecule has 3 N–H and O–H groups in total. The summed E-state index contributed by atoms with van der Waals surface area (Å²) in [4.78, 5) is 24.5. The maximum Gasteiger partial charge on any atom is 0.305 e. The Morgan fingerprint density at radius 1 is 0.431 bits per heavy atom. The van der Waals surface area contributed by atoms with Gasteiger partial charge in [0.2, 0.25) is 5.91 Å². The van der Waals surface area contributed by atoms with E-state index in [0.717, 1.165) is 70.6 Å². The highest BCUT2D eigenvalue weighted by Crippen LogP contribution is 2.16. The van der Waals surface area contributed by atoms with Crippen molar-refractivity contribution in [3.63, 3.8) is 0 Å². The summed E-state index contributed by atoms with van der Waals surface area (Å²) >= 11 is 0. The average Bonchev–Trinajstić information content (AvgIpc) is 3.31. The number of hydrogen-bond donors (Lipinski definition) is 3. The van der Waals surface area contributed by atoms with Crippen LogP contribution in [0.4, 0.5) is 0 Å². The fraction of sp³-hybridized carbons (Fsp3) is 0.864. The molecule has 1 amide bonds. The van der Waals surface area contributed by atoms with Crippen LogP contribution in [0.25, 0.3) is 0 Å². The van der Waals surface area contributed by atoms with E-state index in [1.807, 2.05) is 0 Å². The fourth-order valence-electron chi connectivity index (χ4n) is 8.72. The van der Waals surface area contributed by atoms with Gasteiger partial charge in [-0.1, -0.05) is 243 Å². The molecule has 6 heteroatoms. The van der Waals surface area contributed by atoms with E-state index in [0.29, 0.717) is 25.9 Å². The monoisotopic (exact) mass is 914 g/mol. The van der Waals surface area contributed by atoms with Crippen LogP contribution in [0.15, 0.2) is 36.5 Å². The summed E-state index contributed by atoms with van der Waals surface area (Å²) < 4.78 is 5.48. The van der Waals surface area contributed by atoms with E-state index in [1.165, 1.54) is 199 Å². The molecule has 0 bridgehead atoms. The van der Waals surface area contributed by atoms with Crippen molar-refractivity contribution >= 4 is 11.9 Å². The number of aliphatic hydroxyl groups excluding tert-OH is 2. The van der Waals surface area contributed by atoms with Gasteiger partial charge in [0.25, 0.3) is 0 Å². The van der Waals surface area contributed by atoms with Crippen molar-refractivity contribution in [2.45, 2.75) is 315 Å².